The smallest absolute Gasteiger partial charge is 0.259 e. The van der Waals surface area contributed by atoms with Crippen molar-refractivity contribution in [1.82, 2.24) is 4.98 Å². The normalized spacial score (nSPS) is 11.3. The van der Waals surface area contributed by atoms with E-state index in [1.54, 1.807) is 0 Å². The highest BCUT2D eigenvalue weighted by molar-refractivity contribution is 7.24. The molecule has 0 aliphatic rings. The van der Waals surface area contributed by atoms with E-state index in [1.165, 1.54) is 31.9 Å². The summed E-state index contributed by atoms with van der Waals surface area (Å²) in [6.07, 6.45) is 0. The fourth-order valence-corrected chi connectivity index (χ4v) is 4.95. The minimum Gasteiger partial charge on any atom is -0.370 e. The van der Waals surface area contributed by atoms with Crippen LogP contribution in [0.2, 0.25) is 0 Å². The number of hydrogen-bond acceptors (Lipinski definition) is 3. The van der Waals surface area contributed by atoms with Crippen LogP contribution in [0.15, 0.2) is 24.3 Å². The van der Waals surface area contributed by atoms with Gasteiger partial charge >= 0.3 is 0 Å². The van der Waals surface area contributed by atoms with Gasteiger partial charge in [0.15, 0.2) is 0 Å². The van der Waals surface area contributed by atoms with E-state index in [2.05, 4.69) is 75.6 Å². The third-order valence-electron chi connectivity index (χ3n) is 5.28. The van der Waals surface area contributed by atoms with Crippen LogP contribution in [0.5, 0.6) is 0 Å². The molecule has 3 aromatic rings. The van der Waals surface area contributed by atoms with Gasteiger partial charge in [-0.3, -0.25) is 0 Å². The van der Waals surface area contributed by atoms with Gasteiger partial charge in [-0.25, -0.2) is 4.98 Å². The minimum atomic E-state index is 1.01. The van der Waals surface area contributed by atoms with Gasteiger partial charge in [0.05, 0.1) is 11.4 Å². The number of rotatable bonds is 6. The minimum absolute atomic E-state index is 1.01. The first-order valence-electron chi connectivity index (χ1n) is 9.72. The van der Waals surface area contributed by atoms with Gasteiger partial charge in [0, 0.05) is 43.9 Å². The lowest BCUT2D eigenvalue weighted by molar-refractivity contribution is 0.831. The van der Waals surface area contributed by atoms with Crippen LogP contribution in [0.3, 0.4) is 0 Å². The second kappa shape index (κ2) is 7.75. The molecule has 0 fully saturated rings. The Labute approximate surface area is 161 Å². The third-order valence-corrected chi connectivity index (χ3v) is 6.36. The predicted octanol–water partition coefficient (Wildman–Crippen LogP) is 6.04. The molecule has 0 bridgehead atoms. The molecule has 1 heterocycles. The molecule has 1 aromatic heterocycles. The van der Waals surface area contributed by atoms with Crippen LogP contribution in [0.4, 0.5) is 11.4 Å². The van der Waals surface area contributed by atoms with Crippen LogP contribution in [0.1, 0.15) is 38.8 Å². The standard InChI is InChI=1S/C22H30N3S/c1-7-24(8-2)17-14-19-21(16(6)22(17)25(9-3)10-4)23-20-15(5)12-11-13-18(20)26-19/h11-14H,7-10H2,1-6H3/q+1. The zero-order valence-corrected chi connectivity index (χ0v) is 17.7. The van der Waals surface area contributed by atoms with Crippen molar-refractivity contribution in [2.45, 2.75) is 41.5 Å². The first-order valence-corrected chi connectivity index (χ1v) is 10.5. The van der Waals surface area contributed by atoms with E-state index in [1.807, 2.05) is 11.3 Å². The largest absolute Gasteiger partial charge is 0.370 e. The SMILES string of the molecule is CCN(CC)c1cc2[s+]c3cccc(C)c3nc2c(C)c1N(CC)CC. The molecule has 26 heavy (non-hydrogen) atoms. The van der Waals surface area contributed by atoms with E-state index in [0.717, 1.165) is 37.2 Å². The Bertz CT molecular complexity index is 928. The molecule has 0 saturated heterocycles. The van der Waals surface area contributed by atoms with Crippen LogP contribution < -0.4 is 9.80 Å². The van der Waals surface area contributed by atoms with E-state index in [4.69, 9.17) is 4.98 Å². The van der Waals surface area contributed by atoms with Crippen molar-refractivity contribution >= 4 is 43.1 Å². The number of benzene rings is 2. The molecule has 0 spiro atoms. The van der Waals surface area contributed by atoms with Crippen molar-refractivity contribution < 1.29 is 0 Å². The average Bonchev–Trinajstić information content (AvgIpc) is 2.65. The highest BCUT2D eigenvalue weighted by Gasteiger charge is 2.24. The summed E-state index contributed by atoms with van der Waals surface area (Å²) >= 11 is 1.86. The molecule has 3 nitrogen and oxygen atoms in total. The van der Waals surface area contributed by atoms with Gasteiger partial charge in [0.25, 0.3) is 9.40 Å². The maximum atomic E-state index is 5.11. The lowest BCUT2D eigenvalue weighted by atomic mass is 10.1. The molecule has 0 radical (unpaired) electrons. The molecule has 0 saturated carbocycles. The highest BCUT2D eigenvalue weighted by Crippen LogP contribution is 2.40. The van der Waals surface area contributed by atoms with E-state index in [-0.39, 0.29) is 0 Å². The lowest BCUT2D eigenvalue weighted by Gasteiger charge is -2.31. The van der Waals surface area contributed by atoms with Crippen molar-refractivity contribution in [3.8, 4) is 0 Å². The summed E-state index contributed by atoms with van der Waals surface area (Å²) in [7, 11) is 0. The summed E-state index contributed by atoms with van der Waals surface area (Å²) in [6.45, 7) is 17.4. The van der Waals surface area contributed by atoms with Crippen molar-refractivity contribution in [1.29, 1.82) is 0 Å². The van der Waals surface area contributed by atoms with Crippen molar-refractivity contribution in [2.24, 2.45) is 0 Å². The Morgan fingerprint density at radius 2 is 1.50 bits per heavy atom. The number of nitrogens with zero attached hydrogens (tertiary/aromatic N) is 3. The first-order chi connectivity index (χ1) is 12.5. The monoisotopic (exact) mass is 368 g/mol. The number of fused-ring (bicyclic) bond motifs is 2. The fraction of sp³-hybridized carbons (Fsp3) is 0.455. The Hall–Kier alpha value is -1.94. The third kappa shape index (κ3) is 3.11. The van der Waals surface area contributed by atoms with Gasteiger partial charge < -0.3 is 9.80 Å². The lowest BCUT2D eigenvalue weighted by Crippen LogP contribution is -2.29. The van der Waals surface area contributed by atoms with Crippen molar-refractivity contribution in [2.75, 3.05) is 36.0 Å². The number of aryl methyl sites for hydroxylation is 2. The molecule has 0 aliphatic carbocycles. The Balaban J connectivity index is 2.40. The average molecular weight is 369 g/mol. The summed E-state index contributed by atoms with van der Waals surface area (Å²) in [5.41, 5.74) is 7.52. The van der Waals surface area contributed by atoms with E-state index in [9.17, 15) is 0 Å². The van der Waals surface area contributed by atoms with E-state index in [0.29, 0.717) is 0 Å². The highest BCUT2D eigenvalue weighted by atomic mass is 32.1. The summed E-state index contributed by atoms with van der Waals surface area (Å²) in [6, 6.07) is 8.83. The van der Waals surface area contributed by atoms with Crippen LogP contribution in [0, 0.1) is 13.8 Å². The second-order valence-electron chi connectivity index (χ2n) is 6.70. The van der Waals surface area contributed by atoms with Gasteiger partial charge in [-0.05, 0) is 47.1 Å². The molecule has 0 aliphatic heterocycles. The topological polar surface area (TPSA) is 19.4 Å². The fourth-order valence-electron chi connectivity index (χ4n) is 3.80. The van der Waals surface area contributed by atoms with Crippen molar-refractivity contribution in [3.63, 3.8) is 0 Å². The van der Waals surface area contributed by atoms with Gasteiger partial charge in [0.2, 0.25) is 11.3 Å². The van der Waals surface area contributed by atoms with Crippen LogP contribution in [-0.2, 0) is 0 Å². The molecule has 138 valence electrons. The molecule has 0 atom stereocenters. The van der Waals surface area contributed by atoms with Gasteiger partial charge in [-0.15, -0.1) is 0 Å². The zero-order valence-electron chi connectivity index (χ0n) is 16.9. The molecule has 0 amide bonds. The van der Waals surface area contributed by atoms with Crippen LogP contribution in [0.25, 0.3) is 20.4 Å². The summed E-state index contributed by atoms with van der Waals surface area (Å²) in [5.74, 6) is 0. The summed E-state index contributed by atoms with van der Waals surface area (Å²) < 4.78 is 2.54. The molecular weight excluding hydrogens is 338 g/mol. The maximum Gasteiger partial charge on any atom is 0.259 e. The van der Waals surface area contributed by atoms with Crippen LogP contribution >= 0.6 is 11.3 Å². The predicted molar refractivity (Wildman–Crippen MR) is 118 cm³/mol. The second-order valence-corrected chi connectivity index (χ2v) is 7.78. The molecule has 0 N–H and O–H groups in total. The number of aromatic nitrogens is 1. The molecule has 3 rings (SSSR count). The number of anilines is 2. The molecule has 0 unspecified atom stereocenters. The summed E-state index contributed by atoms with van der Waals surface area (Å²) in [5, 5.41) is 0. The first kappa shape index (κ1) is 18.8. The van der Waals surface area contributed by atoms with Gasteiger partial charge in [0.1, 0.15) is 11.0 Å². The Kier molecular flexibility index (Phi) is 5.61. The molecule has 2 aromatic carbocycles. The molecular formula is C22H30N3S+. The maximum absolute atomic E-state index is 5.11. The molecule has 4 heteroatoms. The van der Waals surface area contributed by atoms with Gasteiger partial charge in [-0.2, -0.15) is 0 Å². The number of hydrogen-bond donors (Lipinski definition) is 0. The zero-order chi connectivity index (χ0) is 18.8. The number of para-hydroxylation sites is 1. The van der Waals surface area contributed by atoms with Crippen molar-refractivity contribution in [3.05, 3.63) is 35.4 Å². The van der Waals surface area contributed by atoms with Gasteiger partial charge in [-0.1, -0.05) is 12.1 Å². The Morgan fingerprint density at radius 3 is 2.12 bits per heavy atom. The quantitative estimate of drug-likeness (QED) is 0.390. The van der Waals surface area contributed by atoms with E-state index >= 15 is 0 Å². The summed E-state index contributed by atoms with van der Waals surface area (Å²) in [4.78, 5) is 10.0. The van der Waals surface area contributed by atoms with Crippen LogP contribution in [-0.4, -0.2) is 31.2 Å². The van der Waals surface area contributed by atoms with E-state index < -0.39 is 0 Å². The Morgan fingerprint density at radius 1 is 0.846 bits per heavy atom.